The number of rotatable bonds is 4. The van der Waals surface area contributed by atoms with Crippen LogP contribution in [-0.4, -0.2) is 9.97 Å². The Morgan fingerprint density at radius 2 is 2.05 bits per heavy atom. The Morgan fingerprint density at radius 1 is 1.33 bits per heavy atom. The van der Waals surface area contributed by atoms with Gasteiger partial charge in [0.2, 0.25) is 0 Å². The molecule has 0 aliphatic rings. The van der Waals surface area contributed by atoms with Gasteiger partial charge < -0.3 is 10.3 Å². The van der Waals surface area contributed by atoms with Crippen molar-refractivity contribution >= 4 is 0 Å². The normalized spacial score (nSPS) is 12.4. The zero-order valence-corrected chi connectivity index (χ0v) is 12.1. The van der Waals surface area contributed by atoms with E-state index >= 15 is 0 Å². The van der Waals surface area contributed by atoms with Gasteiger partial charge in [0, 0.05) is 23.8 Å². The zero-order chi connectivity index (χ0) is 15.6. The Balaban J connectivity index is 2.17. The molecule has 21 heavy (non-hydrogen) atoms. The number of nitrogens with one attached hydrogen (secondary N) is 2. The molecule has 0 saturated carbocycles. The summed E-state index contributed by atoms with van der Waals surface area (Å²) in [6.45, 7) is 5.36. The van der Waals surface area contributed by atoms with Crippen LogP contribution in [0.2, 0.25) is 0 Å². The maximum Gasteiger partial charge on any atom is 0.255 e. The first kappa shape index (κ1) is 15.3. The van der Waals surface area contributed by atoms with Crippen LogP contribution in [0, 0.1) is 25.5 Å². The standard InChI is InChI=1S/C15H17F2N3O/c1-8(14-9(2)19-10(3)20-15(14)21)18-7-11-6-12(16)4-5-13(11)17/h4-6,8,18H,7H2,1-3H3,(H,19,20,21). The highest BCUT2D eigenvalue weighted by Gasteiger charge is 2.15. The highest BCUT2D eigenvalue weighted by Crippen LogP contribution is 2.14. The van der Waals surface area contributed by atoms with Gasteiger partial charge in [0.15, 0.2) is 0 Å². The number of hydrogen-bond donors (Lipinski definition) is 2. The molecule has 0 spiro atoms. The Bertz CT molecular complexity index is 713. The maximum atomic E-state index is 13.5. The van der Waals surface area contributed by atoms with Crippen LogP contribution in [0.25, 0.3) is 0 Å². The second-order valence-corrected chi connectivity index (χ2v) is 4.99. The largest absolute Gasteiger partial charge is 0.310 e. The van der Waals surface area contributed by atoms with Gasteiger partial charge in [-0.3, -0.25) is 4.79 Å². The molecule has 0 aliphatic carbocycles. The van der Waals surface area contributed by atoms with E-state index in [2.05, 4.69) is 15.3 Å². The van der Waals surface area contributed by atoms with Crippen molar-refractivity contribution < 1.29 is 8.78 Å². The molecule has 0 radical (unpaired) electrons. The molecule has 0 saturated heterocycles. The number of nitrogens with zero attached hydrogens (tertiary/aromatic N) is 1. The smallest absolute Gasteiger partial charge is 0.255 e. The molecule has 112 valence electrons. The van der Waals surface area contributed by atoms with E-state index in [1.807, 2.05) is 0 Å². The second-order valence-electron chi connectivity index (χ2n) is 4.99. The van der Waals surface area contributed by atoms with Gasteiger partial charge in [0.25, 0.3) is 5.56 Å². The van der Waals surface area contributed by atoms with Crippen LogP contribution >= 0.6 is 0 Å². The van der Waals surface area contributed by atoms with Crippen LogP contribution in [-0.2, 0) is 6.54 Å². The van der Waals surface area contributed by atoms with Crippen molar-refractivity contribution in [2.24, 2.45) is 0 Å². The number of aryl methyl sites for hydroxylation is 2. The van der Waals surface area contributed by atoms with Crippen LogP contribution < -0.4 is 10.9 Å². The summed E-state index contributed by atoms with van der Waals surface area (Å²) in [6, 6.07) is 2.97. The quantitative estimate of drug-likeness (QED) is 0.910. The summed E-state index contributed by atoms with van der Waals surface area (Å²) in [5.41, 5.74) is 1.11. The third-order valence-corrected chi connectivity index (χ3v) is 3.30. The van der Waals surface area contributed by atoms with E-state index in [0.29, 0.717) is 17.1 Å². The lowest BCUT2D eigenvalue weighted by Crippen LogP contribution is -2.28. The summed E-state index contributed by atoms with van der Waals surface area (Å²) in [5, 5.41) is 3.02. The van der Waals surface area contributed by atoms with Gasteiger partial charge in [-0.05, 0) is 39.0 Å². The topological polar surface area (TPSA) is 57.8 Å². The second kappa shape index (κ2) is 6.13. The molecule has 1 heterocycles. The molecule has 4 nitrogen and oxygen atoms in total. The monoisotopic (exact) mass is 293 g/mol. The first-order chi connectivity index (χ1) is 9.88. The molecule has 2 aromatic rings. The Hall–Kier alpha value is -2.08. The van der Waals surface area contributed by atoms with Gasteiger partial charge in [0.05, 0.1) is 5.56 Å². The fraction of sp³-hybridized carbons (Fsp3) is 0.333. The molecule has 1 aromatic carbocycles. The van der Waals surface area contributed by atoms with Crippen molar-refractivity contribution in [2.45, 2.75) is 33.4 Å². The Kier molecular flexibility index (Phi) is 4.47. The summed E-state index contributed by atoms with van der Waals surface area (Å²) >= 11 is 0. The third kappa shape index (κ3) is 3.52. The van der Waals surface area contributed by atoms with Crippen molar-refractivity contribution in [3.63, 3.8) is 0 Å². The fourth-order valence-electron chi connectivity index (χ4n) is 2.29. The number of aromatic amines is 1. The summed E-state index contributed by atoms with van der Waals surface area (Å²) in [6.07, 6.45) is 0. The van der Waals surface area contributed by atoms with Crippen LogP contribution in [0.5, 0.6) is 0 Å². The van der Waals surface area contributed by atoms with Gasteiger partial charge >= 0.3 is 0 Å². The van der Waals surface area contributed by atoms with E-state index in [-0.39, 0.29) is 23.7 Å². The first-order valence-corrected chi connectivity index (χ1v) is 6.63. The maximum absolute atomic E-state index is 13.5. The van der Waals surface area contributed by atoms with Gasteiger partial charge in [-0.15, -0.1) is 0 Å². The van der Waals surface area contributed by atoms with Crippen LogP contribution in [0.3, 0.4) is 0 Å². The van der Waals surface area contributed by atoms with Crippen LogP contribution in [0.4, 0.5) is 8.78 Å². The van der Waals surface area contributed by atoms with Crippen LogP contribution in [0.1, 0.15) is 35.6 Å². The minimum Gasteiger partial charge on any atom is -0.310 e. The number of H-pyrrole nitrogens is 1. The van der Waals surface area contributed by atoms with Crippen molar-refractivity contribution in [3.05, 3.63) is 62.8 Å². The Labute approximate surface area is 121 Å². The molecule has 1 atom stereocenters. The molecule has 6 heteroatoms. The molecule has 1 unspecified atom stereocenters. The minimum atomic E-state index is -0.494. The molecular formula is C15H17F2N3O. The summed E-state index contributed by atoms with van der Waals surface area (Å²) in [5.74, 6) is -0.430. The van der Waals surface area contributed by atoms with E-state index in [9.17, 15) is 13.6 Å². The lowest BCUT2D eigenvalue weighted by molar-refractivity contribution is 0.529. The number of hydrogen-bond acceptors (Lipinski definition) is 3. The van der Waals surface area contributed by atoms with Gasteiger partial charge in [-0.25, -0.2) is 13.8 Å². The lowest BCUT2D eigenvalue weighted by atomic mass is 10.1. The van der Waals surface area contributed by atoms with Crippen molar-refractivity contribution in [3.8, 4) is 0 Å². The predicted molar refractivity (Wildman–Crippen MR) is 75.9 cm³/mol. The molecule has 2 rings (SSSR count). The van der Waals surface area contributed by atoms with Crippen molar-refractivity contribution in [1.82, 2.24) is 15.3 Å². The Morgan fingerprint density at radius 3 is 2.71 bits per heavy atom. The minimum absolute atomic E-state index is 0.123. The van der Waals surface area contributed by atoms with Gasteiger partial charge in [0.1, 0.15) is 17.5 Å². The predicted octanol–water partition coefficient (Wildman–Crippen LogP) is 2.52. The van der Waals surface area contributed by atoms with E-state index in [0.717, 1.165) is 18.2 Å². The zero-order valence-electron chi connectivity index (χ0n) is 12.1. The number of benzene rings is 1. The molecule has 1 aromatic heterocycles. The third-order valence-electron chi connectivity index (χ3n) is 3.30. The van der Waals surface area contributed by atoms with Crippen molar-refractivity contribution in [1.29, 1.82) is 0 Å². The average molecular weight is 293 g/mol. The van der Waals surface area contributed by atoms with E-state index in [1.54, 1.807) is 20.8 Å². The molecule has 2 N–H and O–H groups in total. The number of halogens is 2. The van der Waals surface area contributed by atoms with Gasteiger partial charge in [-0.1, -0.05) is 0 Å². The molecule has 0 bridgehead atoms. The molecule has 0 amide bonds. The number of aromatic nitrogens is 2. The van der Waals surface area contributed by atoms with Gasteiger partial charge in [-0.2, -0.15) is 0 Å². The first-order valence-electron chi connectivity index (χ1n) is 6.63. The highest BCUT2D eigenvalue weighted by molar-refractivity contribution is 5.22. The summed E-state index contributed by atoms with van der Waals surface area (Å²) < 4.78 is 26.7. The van der Waals surface area contributed by atoms with Crippen molar-refractivity contribution in [2.75, 3.05) is 0 Å². The molecule has 0 aliphatic heterocycles. The highest BCUT2D eigenvalue weighted by atomic mass is 19.1. The molecule has 0 fully saturated rings. The van der Waals surface area contributed by atoms with E-state index in [1.165, 1.54) is 0 Å². The fourth-order valence-corrected chi connectivity index (χ4v) is 2.29. The van der Waals surface area contributed by atoms with Crippen LogP contribution in [0.15, 0.2) is 23.0 Å². The summed E-state index contributed by atoms with van der Waals surface area (Å²) in [4.78, 5) is 18.8. The SMILES string of the molecule is Cc1nc(C)c(C(C)NCc2cc(F)ccc2F)c(=O)[nH]1. The average Bonchev–Trinajstić information content (AvgIpc) is 2.38. The lowest BCUT2D eigenvalue weighted by Gasteiger charge is -2.15. The molecular weight excluding hydrogens is 276 g/mol. The summed E-state index contributed by atoms with van der Waals surface area (Å²) in [7, 11) is 0. The van der Waals surface area contributed by atoms with E-state index < -0.39 is 11.6 Å². The van der Waals surface area contributed by atoms with E-state index in [4.69, 9.17) is 0 Å².